The largest absolute Gasteiger partial charge is 0.304 e. The average molecular weight is 433 g/mol. The van der Waals surface area contributed by atoms with Crippen LogP contribution in [0.2, 0.25) is 0 Å². The van der Waals surface area contributed by atoms with Crippen LogP contribution in [0.1, 0.15) is 17.2 Å². The smallest absolute Gasteiger partial charge is 0.132 e. The number of hydrogen-bond donors (Lipinski definition) is 1. The van der Waals surface area contributed by atoms with Crippen molar-refractivity contribution in [3.05, 3.63) is 88.5 Å². The van der Waals surface area contributed by atoms with Crippen LogP contribution in [0, 0.1) is 5.82 Å². The van der Waals surface area contributed by atoms with Crippen LogP contribution in [-0.2, 0) is 0 Å². The Kier molecular flexibility index (Phi) is 5.68. The molecule has 6 heteroatoms. The molecule has 1 unspecified atom stereocenters. The number of H-pyrrole nitrogens is 1. The van der Waals surface area contributed by atoms with Crippen LogP contribution in [0.3, 0.4) is 0 Å². The zero-order valence-electron chi connectivity index (χ0n) is 17.5. The maximum absolute atomic E-state index is 14.6. The third kappa shape index (κ3) is 4.06. The molecule has 1 N–H and O–H groups in total. The molecule has 3 heterocycles. The molecule has 158 valence electrons. The fourth-order valence-corrected chi connectivity index (χ4v) is 5.00. The van der Waals surface area contributed by atoms with Crippen LogP contribution in [0.5, 0.6) is 0 Å². The van der Waals surface area contributed by atoms with Crippen molar-refractivity contribution < 1.29 is 4.39 Å². The molecule has 1 atom stereocenters. The molecule has 0 saturated carbocycles. The molecule has 1 aliphatic heterocycles. The molecule has 2 aromatic heterocycles. The number of aromatic nitrogens is 2. The van der Waals surface area contributed by atoms with Gasteiger partial charge in [-0.3, -0.25) is 10.00 Å². The molecule has 4 aromatic rings. The summed E-state index contributed by atoms with van der Waals surface area (Å²) in [5, 5.41) is 11.7. The van der Waals surface area contributed by atoms with Crippen LogP contribution < -0.4 is 0 Å². The van der Waals surface area contributed by atoms with Crippen molar-refractivity contribution in [2.75, 3.05) is 33.2 Å². The molecule has 2 aromatic carbocycles. The summed E-state index contributed by atoms with van der Waals surface area (Å²) in [4.78, 5) is 4.83. The Morgan fingerprint density at radius 3 is 2.45 bits per heavy atom. The average Bonchev–Trinajstić information content (AvgIpc) is 3.49. The van der Waals surface area contributed by atoms with Crippen molar-refractivity contribution in [1.29, 1.82) is 0 Å². The topological polar surface area (TPSA) is 35.2 Å². The zero-order chi connectivity index (χ0) is 21.2. The predicted octanol–water partition coefficient (Wildman–Crippen LogP) is 5.28. The van der Waals surface area contributed by atoms with Crippen molar-refractivity contribution in [3.63, 3.8) is 0 Å². The second-order valence-corrected chi connectivity index (χ2v) is 8.84. The first-order chi connectivity index (χ1) is 15.2. The number of piperazine rings is 1. The molecule has 4 nitrogen and oxygen atoms in total. The van der Waals surface area contributed by atoms with Gasteiger partial charge in [-0.25, -0.2) is 4.39 Å². The normalized spacial score (nSPS) is 16.5. The number of aromatic amines is 1. The van der Waals surface area contributed by atoms with E-state index in [2.05, 4.69) is 68.1 Å². The number of thiophene rings is 1. The molecule has 31 heavy (non-hydrogen) atoms. The minimum Gasteiger partial charge on any atom is -0.304 e. The summed E-state index contributed by atoms with van der Waals surface area (Å²) in [5.74, 6) is -0.238. The lowest BCUT2D eigenvalue weighted by Gasteiger charge is -2.38. The maximum atomic E-state index is 14.6. The van der Waals surface area contributed by atoms with Crippen LogP contribution in [0.25, 0.3) is 22.4 Å². The molecule has 0 aliphatic carbocycles. The molecule has 1 aliphatic rings. The van der Waals surface area contributed by atoms with Gasteiger partial charge < -0.3 is 4.90 Å². The number of likely N-dealkylation sites (N-methyl/N-ethyl adjacent to an activating group) is 1. The van der Waals surface area contributed by atoms with Crippen LogP contribution >= 0.6 is 11.3 Å². The van der Waals surface area contributed by atoms with E-state index in [1.54, 1.807) is 17.4 Å². The molecule has 0 spiro atoms. The van der Waals surface area contributed by atoms with E-state index in [0.717, 1.165) is 37.4 Å². The standard InChI is InChI=1S/C25H25FN4S/c1-29-11-13-30(14-12-29)25(19-8-6-18(7-9-19)20-10-15-31-17-20)22-16-27-28-24(22)21-4-2-3-5-23(21)26/h2-10,15-17,25H,11-14H2,1H3,(H,27,28). The van der Waals surface area contributed by atoms with E-state index >= 15 is 0 Å². The lowest BCUT2D eigenvalue weighted by atomic mass is 9.93. The Hall–Kier alpha value is -2.80. The fourth-order valence-electron chi connectivity index (χ4n) is 4.34. The Bertz CT molecular complexity index is 1130. The number of rotatable bonds is 5. The molecular weight excluding hydrogens is 407 g/mol. The highest BCUT2D eigenvalue weighted by atomic mass is 32.1. The summed E-state index contributed by atoms with van der Waals surface area (Å²) in [6, 6.07) is 17.8. The van der Waals surface area contributed by atoms with Gasteiger partial charge in [0, 0.05) is 37.3 Å². The van der Waals surface area contributed by atoms with E-state index in [4.69, 9.17) is 0 Å². The third-order valence-electron chi connectivity index (χ3n) is 6.09. The summed E-state index contributed by atoms with van der Waals surface area (Å²) < 4.78 is 14.6. The Labute approximate surface area is 186 Å². The second kappa shape index (κ2) is 8.75. The van der Waals surface area contributed by atoms with E-state index in [1.165, 1.54) is 22.8 Å². The maximum Gasteiger partial charge on any atom is 0.132 e. The molecule has 5 rings (SSSR count). The number of benzene rings is 2. The minimum atomic E-state index is -0.238. The molecule has 1 saturated heterocycles. The number of hydrogen-bond acceptors (Lipinski definition) is 4. The summed E-state index contributed by atoms with van der Waals surface area (Å²) >= 11 is 1.71. The number of halogens is 1. The highest BCUT2D eigenvalue weighted by Crippen LogP contribution is 2.36. The Morgan fingerprint density at radius 1 is 0.968 bits per heavy atom. The van der Waals surface area contributed by atoms with Gasteiger partial charge in [0.05, 0.1) is 17.9 Å². The number of nitrogens with zero attached hydrogens (tertiary/aromatic N) is 3. The van der Waals surface area contributed by atoms with E-state index in [9.17, 15) is 4.39 Å². The van der Waals surface area contributed by atoms with Crippen molar-refractivity contribution >= 4 is 11.3 Å². The van der Waals surface area contributed by atoms with Gasteiger partial charge in [0.25, 0.3) is 0 Å². The highest BCUT2D eigenvalue weighted by molar-refractivity contribution is 7.08. The van der Waals surface area contributed by atoms with Crippen LogP contribution in [0.4, 0.5) is 4.39 Å². The van der Waals surface area contributed by atoms with E-state index in [0.29, 0.717) is 5.56 Å². The van der Waals surface area contributed by atoms with Crippen molar-refractivity contribution in [3.8, 4) is 22.4 Å². The molecule has 0 bridgehead atoms. The van der Waals surface area contributed by atoms with Crippen LogP contribution in [0.15, 0.2) is 71.6 Å². The van der Waals surface area contributed by atoms with Crippen molar-refractivity contribution in [2.24, 2.45) is 0 Å². The minimum absolute atomic E-state index is 0.0126. The molecular formula is C25H25FN4S. The van der Waals surface area contributed by atoms with Gasteiger partial charge >= 0.3 is 0 Å². The lowest BCUT2D eigenvalue weighted by molar-refractivity contribution is 0.127. The van der Waals surface area contributed by atoms with Crippen molar-refractivity contribution in [1.82, 2.24) is 20.0 Å². The molecule has 1 fully saturated rings. The van der Waals surface area contributed by atoms with Gasteiger partial charge in [0.2, 0.25) is 0 Å². The first kappa shape index (κ1) is 20.1. The van der Waals surface area contributed by atoms with E-state index in [1.807, 2.05) is 18.3 Å². The summed E-state index contributed by atoms with van der Waals surface area (Å²) in [5.41, 5.74) is 5.97. The fraction of sp³-hybridized carbons (Fsp3) is 0.240. The highest BCUT2D eigenvalue weighted by Gasteiger charge is 2.29. The van der Waals surface area contributed by atoms with Gasteiger partial charge in [0.1, 0.15) is 5.82 Å². The Morgan fingerprint density at radius 2 is 1.74 bits per heavy atom. The third-order valence-corrected chi connectivity index (χ3v) is 6.77. The SMILES string of the molecule is CN1CCN(C(c2ccc(-c3ccsc3)cc2)c2cn[nH]c2-c2ccccc2F)CC1. The molecule has 0 amide bonds. The quantitative estimate of drug-likeness (QED) is 0.466. The van der Waals surface area contributed by atoms with Crippen molar-refractivity contribution in [2.45, 2.75) is 6.04 Å². The predicted molar refractivity (Wildman–Crippen MR) is 125 cm³/mol. The summed E-state index contributed by atoms with van der Waals surface area (Å²) in [6.07, 6.45) is 1.86. The molecule has 0 radical (unpaired) electrons. The van der Waals surface area contributed by atoms with Gasteiger partial charge in [-0.1, -0.05) is 36.4 Å². The van der Waals surface area contributed by atoms with Gasteiger partial charge in [-0.05, 0) is 52.7 Å². The van der Waals surface area contributed by atoms with Gasteiger partial charge in [0.15, 0.2) is 0 Å². The van der Waals surface area contributed by atoms with Crippen LogP contribution in [-0.4, -0.2) is 53.2 Å². The Balaban J connectivity index is 1.56. The van der Waals surface area contributed by atoms with E-state index < -0.39 is 0 Å². The second-order valence-electron chi connectivity index (χ2n) is 8.06. The first-order valence-corrected chi connectivity index (χ1v) is 11.5. The number of nitrogens with one attached hydrogen (secondary N) is 1. The summed E-state index contributed by atoms with van der Waals surface area (Å²) in [6.45, 7) is 3.93. The van der Waals surface area contributed by atoms with Gasteiger partial charge in [-0.15, -0.1) is 0 Å². The lowest BCUT2D eigenvalue weighted by Crippen LogP contribution is -2.46. The van der Waals surface area contributed by atoms with E-state index in [-0.39, 0.29) is 11.9 Å². The first-order valence-electron chi connectivity index (χ1n) is 10.5. The summed E-state index contributed by atoms with van der Waals surface area (Å²) in [7, 11) is 2.16. The van der Waals surface area contributed by atoms with Gasteiger partial charge in [-0.2, -0.15) is 16.4 Å². The monoisotopic (exact) mass is 432 g/mol. The zero-order valence-corrected chi connectivity index (χ0v) is 18.3.